The predicted molar refractivity (Wildman–Crippen MR) is 250 cm³/mol. The number of morpholine rings is 1. The molecule has 2 fully saturated rings. The lowest BCUT2D eigenvalue weighted by atomic mass is 9.65. The van der Waals surface area contributed by atoms with E-state index in [1.54, 1.807) is 49.6 Å². The van der Waals surface area contributed by atoms with Crippen molar-refractivity contribution in [3.63, 3.8) is 0 Å². The van der Waals surface area contributed by atoms with Crippen molar-refractivity contribution < 1.29 is 43.2 Å². The Balaban J connectivity index is 1.23. The molecule has 6 atom stereocenters. The van der Waals surface area contributed by atoms with Crippen LogP contribution in [-0.2, 0) is 40.6 Å². The van der Waals surface area contributed by atoms with Crippen molar-refractivity contribution >= 4 is 40.6 Å². The largest absolute Gasteiger partial charge is 0.508 e. The van der Waals surface area contributed by atoms with E-state index >= 15 is 14.4 Å². The van der Waals surface area contributed by atoms with Gasteiger partial charge in [-0.3, -0.25) is 19.3 Å². The summed E-state index contributed by atoms with van der Waals surface area (Å²) < 4.78 is 22.8. The van der Waals surface area contributed by atoms with Gasteiger partial charge in [0, 0.05) is 18.2 Å². The van der Waals surface area contributed by atoms with Crippen LogP contribution in [0.1, 0.15) is 57.4 Å². The molecule has 1 spiro atoms. The number of imide groups is 1. The number of anilines is 1. The number of carbonyl (C=O) groups is 4. The molecule has 3 amide bonds. The van der Waals surface area contributed by atoms with Gasteiger partial charge in [0.2, 0.25) is 11.8 Å². The highest BCUT2D eigenvalue weighted by Gasteiger charge is 2.75. The molecule has 3 N–H and O–H groups in total. The summed E-state index contributed by atoms with van der Waals surface area (Å²) in [6, 6.07) is 41.4. The van der Waals surface area contributed by atoms with Crippen molar-refractivity contribution in [3.05, 3.63) is 191 Å². The Kier molecular flexibility index (Phi) is 11.7. The number of cyclic esters (lactones) is 1. The van der Waals surface area contributed by atoms with Gasteiger partial charge in [-0.2, -0.15) is 0 Å². The molecule has 1 aromatic heterocycles. The van der Waals surface area contributed by atoms with Crippen molar-refractivity contribution in [1.82, 2.24) is 20.2 Å². The molecule has 340 valence electrons. The number of H-pyrrole nitrogens is 1. The number of nitrogens with zero attached hydrogens (tertiary/aromatic N) is 3. The van der Waals surface area contributed by atoms with Crippen LogP contribution in [0.25, 0.3) is 11.0 Å². The second-order valence-electron chi connectivity index (χ2n) is 16.7. The van der Waals surface area contributed by atoms with E-state index < -0.39 is 59.4 Å². The van der Waals surface area contributed by atoms with Crippen LogP contribution >= 0.6 is 0 Å². The van der Waals surface area contributed by atoms with E-state index in [0.29, 0.717) is 39.3 Å². The highest BCUT2D eigenvalue weighted by molar-refractivity contribution is 6.23. The Hall–Kier alpha value is -8.25. The molecular weight excluding hydrogens is 863 g/mol. The zero-order valence-corrected chi connectivity index (χ0v) is 37.0. The standard InChI is InChI=1S/C54H45N5O9/c1-65-29-30-67-53(64)58-43-28-21-34(18-17-33-19-26-39(66-2)27-20-33)31-40(43)54(52(58)63)45(50(61)55-32-44-56-41-15-9-10-16-42(41)57-44)47-51(62)68-48(36-13-7-4-8-14-36)46(35-11-5-3-6-12-35)59(47)49(54)37-22-24-38(60)25-23-37/h3-16,19-28,31,45-49,60H,29-30,32H2,1-2H3,(H,55,61)(H,56,57). The zero-order valence-electron chi connectivity index (χ0n) is 37.0. The van der Waals surface area contributed by atoms with Gasteiger partial charge < -0.3 is 34.4 Å². The summed E-state index contributed by atoms with van der Waals surface area (Å²) in [6.07, 6.45) is -1.92. The first-order valence-electron chi connectivity index (χ1n) is 22.1. The molecule has 6 aromatic carbocycles. The Labute approximate surface area is 391 Å². The summed E-state index contributed by atoms with van der Waals surface area (Å²) in [5, 5.41) is 13.8. The Morgan fingerprint density at radius 1 is 0.779 bits per heavy atom. The smallest absolute Gasteiger partial charge is 0.421 e. The maximum Gasteiger partial charge on any atom is 0.421 e. The summed E-state index contributed by atoms with van der Waals surface area (Å²) in [7, 11) is 3.04. The van der Waals surface area contributed by atoms with Crippen LogP contribution in [0.2, 0.25) is 0 Å². The Bertz CT molecular complexity index is 3060. The number of amides is 3. The highest BCUT2D eigenvalue weighted by atomic mass is 16.6. The molecule has 14 nitrogen and oxygen atoms in total. The molecule has 3 aliphatic rings. The lowest BCUT2D eigenvalue weighted by Crippen LogP contribution is -2.55. The number of rotatable bonds is 10. The average molecular weight is 908 g/mol. The number of carbonyl (C=O) groups excluding carboxylic acids is 4. The van der Waals surface area contributed by atoms with E-state index in [9.17, 15) is 9.90 Å². The van der Waals surface area contributed by atoms with Crippen LogP contribution < -0.4 is 15.0 Å². The molecule has 0 bridgehead atoms. The summed E-state index contributed by atoms with van der Waals surface area (Å²) in [5.41, 5.74) is 2.83. The molecule has 7 aromatic rings. The number of para-hydroxylation sites is 2. The molecular formula is C54H45N5O9. The number of ether oxygens (including phenoxy) is 4. The van der Waals surface area contributed by atoms with Crippen molar-refractivity contribution in [3.8, 4) is 23.3 Å². The minimum Gasteiger partial charge on any atom is -0.508 e. The van der Waals surface area contributed by atoms with Gasteiger partial charge in [-0.15, -0.1) is 0 Å². The van der Waals surface area contributed by atoms with E-state index in [2.05, 4.69) is 27.1 Å². The van der Waals surface area contributed by atoms with Gasteiger partial charge in [-0.1, -0.05) is 96.8 Å². The van der Waals surface area contributed by atoms with Crippen LogP contribution in [0, 0.1) is 17.8 Å². The first-order chi connectivity index (χ1) is 33.2. The molecule has 10 rings (SSSR count). The number of methoxy groups -OCH3 is 2. The third-order valence-corrected chi connectivity index (χ3v) is 13.0. The van der Waals surface area contributed by atoms with Crippen molar-refractivity contribution in [2.45, 2.75) is 36.2 Å². The third kappa shape index (κ3) is 7.57. The van der Waals surface area contributed by atoms with E-state index in [4.69, 9.17) is 18.9 Å². The van der Waals surface area contributed by atoms with Gasteiger partial charge >= 0.3 is 12.1 Å². The maximum atomic E-state index is 16.3. The van der Waals surface area contributed by atoms with Gasteiger partial charge in [-0.25, -0.2) is 14.7 Å². The lowest BCUT2D eigenvalue weighted by molar-refractivity contribution is -0.178. The number of hydrogen-bond acceptors (Lipinski definition) is 11. The van der Waals surface area contributed by atoms with E-state index in [1.165, 1.54) is 19.2 Å². The predicted octanol–water partition coefficient (Wildman–Crippen LogP) is 7.44. The number of phenolic OH excluding ortho intramolecular Hbond substituents is 1. The van der Waals surface area contributed by atoms with Crippen LogP contribution in [0.4, 0.5) is 10.5 Å². The van der Waals surface area contributed by atoms with Gasteiger partial charge in [0.1, 0.15) is 41.5 Å². The SMILES string of the molecule is COCCOC(=O)N1C(=O)C2(c3cc(C#Cc4ccc(OC)cc4)ccc31)C(C(=O)NCc1nc3ccccc3[nH]1)C1C(=O)OC(c3ccccc3)C(c3ccccc3)N1C2c1ccc(O)cc1. The second-order valence-corrected chi connectivity index (χ2v) is 16.7. The highest BCUT2D eigenvalue weighted by Crippen LogP contribution is 2.66. The lowest BCUT2D eigenvalue weighted by Gasteiger charge is -2.46. The fourth-order valence-corrected chi connectivity index (χ4v) is 10.1. The molecule has 14 heteroatoms. The number of phenols is 1. The van der Waals surface area contributed by atoms with Crippen LogP contribution in [-0.4, -0.2) is 77.3 Å². The van der Waals surface area contributed by atoms with E-state index in [1.807, 2.05) is 102 Å². The summed E-state index contributed by atoms with van der Waals surface area (Å²) >= 11 is 0. The number of nitrogens with one attached hydrogen (secondary N) is 2. The third-order valence-electron chi connectivity index (χ3n) is 13.0. The van der Waals surface area contributed by atoms with Gasteiger partial charge in [0.25, 0.3) is 0 Å². The molecule has 0 aliphatic carbocycles. The number of aromatic nitrogens is 2. The number of esters is 1. The first kappa shape index (κ1) is 43.6. The van der Waals surface area contributed by atoms with Gasteiger partial charge in [0.05, 0.1) is 55.0 Å². The number of hydrogen-bond donors (Lipinski definition) is 3. The molecule has 6 unspecified atom stereocenters. The number of aromatic amines is 1. The monoisotopic (exact) mass is 907 g/mol. The summed E-state index contributed by atoms with van der Waals surface area (Å²) in [6.45, 7) is -0.223. The molecule has 0 saturated carbocycles. The number of imidazole rings is 1. The second kappa shape index (κ2) is 18.2. The zero-order chi connectivity index (χ0) is 46.9. The van der Waals surface area contributed by atoms with Gasteiger partial charge in [0.15, 0.2) is 0 Å². The van der Waals surface area contributed by atoms with Gasteiger partial charge in [-0.05, 0) is 89.0 Å². The molecule has 3 aliphatic heterocycles. The Morgan fingerprint density at radius 2 is 1.46 bits per heavy atom. The normalized spacial score (nSPS) is 21.7. The topological polar surface area (TPSA) is 173 Å². The summed E-state index contributed by atoms with van der Waals surface area (Å²) in [5.74, 6) is 3.69. The minimum atomic E-state index is -2.06. The van der Waals surface area contributed by atoms with E-state index in [0.717, 1.165) is 16.0 Å². The van der Waals surface area contributed by atoms with Crippen molar-refractivity contribution in [2.24, 2.45) is 5.92 Å². The first-order valence-corrected chi connectivity index (χ1v) is 22.1. The Morgan fingerprint density at radius 3 is 2.16 bits per heavy atom. The quantitative estimate of drug-likeness (QED) is 0.0708. The fraction of sp³-hybridized carbons (Fsp3) is 0.204. The molecule has 0 radical (unpaired) electrons. The summed E-state index contributed by atoms with van der Waals surface area (Å²) in [4.78, 5) is 72.7. The maximum absolute atomic E-state index is 16.3. The number of aromatic hydroxyl groups is 1. The average Bonchev–Trinajstić information content (AvgIpc) is 4.02. The number of benzene rings is 6. The van der Waals surface area contributed by atoms with Crippen LogP contribution in [0.3, 0.4) is 0 Å². The fourth-order valence-electron chi connectivity index (χ4n) is 10.1. The molecule has 2 saturated heterocycles. The van der Waals surface area contributed by atoms with Crippen molar-refractivity contribution in [2.75, 3.05) is 32.3 Å². The van der Waals surface area contributed by atoms with E-state index in [-0.39, 0.29) is 36.8 Å². The van der Waals surface area contributed by atoms with Crippen molar-refractivity contribution in [1.29, 1.82) is 0 Å². The van der Waals surface area contributed by atoms with Crippen LogP contribution in [0.5, 0.6) is 11.5 Å². The molecule has 4 heterocycles. The van der Waals surface area contributed by atoms with Crippen LogP contribution in [0.15, 0.2) is 152 Å². The molecule has 68 heavy (non-hydrogen) atoms. The number of fused-ring (bicyclic) bond motifs is 4. The minimum absolute atomic E-state index is 0.0464.